The summed E-state index contributed by atoms with van der Waals surface area (Å²) in [4.78, 5) is 0. The van der Waals surface area contributed by atoms with Gasteiger partial charge in [0, 0.05) is 0 Å². The largest absolute Gasteiger partial charge is 0.385 e. The Morgan fingerprint density at radius 1 is 1.13 bits per heavy atom. The van der Waals surface area contributed by atoms with Crippen LogP contribution in [0.1, 0.15) is 49.8 Å². The van der Waals surface area contributed by atoms with Crippen molar-refractivity contribution >= 4 is 0 Å². The van der Waals surface area contributed by atoms with E-state index in [2.05, 4.69) is 39.0 Å². The minimum atomic E-state index is -0.674. The third-order valence-corrected chi connectivity index (χ3v) is 2.86. The highest BCUT2D eigenvalue weighted by atomic mass is 16.3. The van der Waals surface area contributed by atoms with Gasteiger partial charge in [-0.25, -0.2) is 0 Å². The SMILES string of the molecule is CCCCC(C)(O)c1cc(C)cc(C)c1. The van der Waals surface area contributed by atoms with Gasteiger partial charge in [-0.2, -0.15) is 0 Å². The van der Waals surface area contributed by atoms with Gasteiger partial charge in [-0.15, -0.1) is 0 Å². The fraction of sp³-hybridized carbons (Fsp3) is 0.571. The molecule has 1 aromatic rings. The van der Waals surface area contributed by atoms with E-state index >= 15 is 0 Å². The highest BCUT2D eigenvalue weighted by Crippen LogP contribution is 2.28. The molecule has 1 unspecified atom stereocenters. The van der Waals surface area contributed by atoms with E-state index in [1.807, 2.05) is 6.92 Å². The van der Waals surface area contributed by atoms with Crippen LogP contribution in [0.2, 0.25) is 0 Å². The van der Waals surface area contributed by atoms with Gasteiger partial charge in [0.2, 0.25) is 0 Å². The lowest BCUT2D eigenvalue weighted by Crippen LogP contribution is -2.21. The zero-order valence-corrected chi connectivity index (χ0v) is 10.3. The monoisotopic (exact) mass is 206 g/mol. The molecule has 1 rings (SSSR count). The predicted molar refractivity (Wildman–Crippen MR) is 65.0 cm³/mol. The minimum absolute atomic E-state index is 0.674. The summed E-state index contributed by atoms with van der Waals surface area (Å²) in [6.07, 6.45) is 3.04. The van der Waals surface area contributed by atoms with E-state index in [4.69, 9.17) is 0 Å². The molecule has 0 aliphatic heterocycles. The topological polar surface area (TPSA) is 20.2 Å². The summed E-state index contributed by atoms with van der Waals surface area (Å²) in [6, 6.07) is 6.31. The third kappa shape index (κ3) is 3.35. The first-order valence-electron chi connectivity index (χ1n) is 5.77. The first kappa shape index (κ1) is 12.3. The maximum absolute atomic E-state index is 10.4. The van der Waals surface area contributed by atoms with Crippen molar-refractivity contribution in [3.8, 4) is 0 Å². The average molecular weight is 206 g/mol. The summed E-state index contributed by atoms with van der Waals surface area (Å²) < 4.78 is 0. The van der Waals surface area contributed by atoms with Gasteiger partial charge in [0.25, 0.3) is 0 Å². The summed E-state index contributed by atoms with van der Waals surface area (Å²) in [5, 5.41) is 10.4. The maximum atomic E-state index is 10.4. The molecule has 0 aromatic heterocycles. The van der Waals surface area contributed by atoms with E-state index in [0.29, 0.717) is 0 Å². The lowest BCUT2D eigenvalue weighted by Gasteiger charge is -2.24. The molecule has 0 fully saturated rings. The van der Waals surface area contributed by atoms with E-state index in [1.54, 1.807) is 0 Å². The van der Waals surface area contributed by atoms with Crippen molar-refractivity contribution in [3.63, 3.8) is 0 Å². The number of aliphatic hydroxyl groups is 1. The van der Waals surface area contributed by atoms with Gasteiger partial charge in [0.05, 0.1) is 5.60 Å². The number of benzene rings is 1. The second kappa shape index (κ2) is 4.80. The van der Waals surface area contributed by atoms with Gasteiger partial charge < -0.3 is 5.11 Å². The molecule has 0 amide bonds. The lowest BCUT2D eigenvalue weighted by atomic mass is 9.88. The summed E-state index contributed by atoms with van der Waals surface area (Å²) >= 11 is 0. The average Bonchev–Trinajstić information content (AvgIpc) is 2.13. The van der Waals surface area contributed by atoms with Gasteiger partial charge in [-0.3, -0.25) is 0 Å². The van der Waals surface area contributed by atoms with Crippen molar-refractivity contribution < 1.29 is 5.11 Å². The molecule has 0 bridgehead atoms. The fourth-order valence-corrected chi connectivity index (χ4v) is 1.95. The molecule has 1 atom stereocenters. The van der Waals surface area contributed by atoms with Gasteiger partial charge in [0.15, 0.2) is 0 Å². The molecule has 0 saturated carbocycles. The van der Waals surface area contributed by atoms with Gasteiger partial charge in [-0.1, -0.05) is 49.1 Å². The van der Waals surface area contributed by atoms with Crippen molar-refractivity contribution in [2.75, 3.05) is 0 Å². The van der Waals surface area contributed by atoms with Crippen LogP contribution in [0.5, 0.6) is 0 Å². The number of unbranched alkanes of at least 4 members (excludes halogenated alkanes) is 1. The Morgan fingerprint density at radius 2 is 1.67 bits per heavy atom. The van der Waals surface area contributed by atoms with Gasteiger partial charge >= 0.3 is 0 Å². The molecule has 15 heavy (non-hydrogen) atoms. The van der Waals surface area contributed by atoms with E-state index < -0.39 is 5.60 Å². The van der Waals surface area contributed by atoms with E-state index in [9.17, 15) is 5.11 Å². The highest BCUT2D eigenvalue weighted by Gasteiger charge is 2.22. The zero-order chi connectivity index (χ0) is 11.5. The maximum Gasteiger partial charge on any atom is 0.0868 e. The molecule has 0 heterocycles. The van der Waals surface area contributed by atoms with E-state index in [-0.39, 0.29) is 0 Å². The van der Waals surface area contributed by atoms with Crippen molar-refractivity contribution in [2.45, 2.75) is 52.6 Å². The van der Waals surface area contributed by atoms with E-state index in [0.717, 1.165) is 24.8 Å². The van der Waals surface area contributed by atoms with Crippen LogP contribution >= 0.6 is 0 Å². The molecule has 0 saturated heterocycles. The predicted octanol–water partition coefficient (Wildman–Crippen LogP) is 3.70. The summed E-state index contributed by atoms with van der Waals surface area (Å²) in [5.41, 5.74) is 2.82. The normalized spacial score (nSPS) is 15.0. The van der Waals surface area contributed by atoms with Crippen LogP contribution in [-0.2, 0) is 5.60 Å². The second-order valence-electron chi connectivity index (χ2n) is 4.75. The molecular weight excluding hydrogens is 184 g/mol. The van der Waals surface area contributed by atoms with Crippen molar-refractivity contribution in [3.05, 3.63) is 34.9 Å². The molecule has 1 nitrogen and oxygen atoms in total. The van der Waals surface area contributed by atoms with E-state index in [1.165, 1.54) is 11.1 Å². The quantitative estimate of drug-likeness (QED) is 0.796. The smallest absolute Gasteiger partial charge is 0.0868 e. The summed E-state index contributed by atoms with van der Waals surface area (Å²) in [7, 11) is 0. The Hall–Kier alpha value is -0.820. The Balaban J connectivity index is 2.93. The first-order valence-corrected chi connectivity index (χ1v) is 5.77. The molecule has 0 spiro atoms. The van der Waals surface area contributed by atoms with Gasteiger partial charge in [0.1, 0.15) is 0 Å². The van der Waals surface area contributed by atoms with Crippen LogP contribution in [0, 0.1) is 13.8 Å². The minimum Gasteiger partial charge on any atom is -0.385 e. The molecule has 0 aliphatic rings. The molecule has 0 radical (unpaired) electrons. The first-order chi connectivity index (χ1) is 6.95. The Morgan fingerprint density at radius 3 is 2.13 bits per heavy atom. The van der Waals surface area contributed by atoms with Crippen molar-refractivity contribution in [1.82, 2.24) is 0 Å². The molecule has 84 valence electrons. The van der Waals surface area contributed by atoms with Gasteiger partial charge in [-0.05, 0) is 32.8 Å². The van der Waals surface area contributed by atoms with Crippen LogP contribution in [0.4, 0.5) is 0 Å². The van der Waals surface area contributed by atoms with Crippen LogP contribution in [0.25, 0.3) is 0 Å². The molecule has 1 heteroatoms. The lowest BCUT2D eigenvalue weighted by molar-refractivity contribution is 0.0452. The number of rotatable bonds is 4. The van der Waals surface area contributed by atoms with Crippen LogP contribution in [0.15, 0.2) is 18.2 Å². The molecule has 1 aromatic carbocycles. The fourth-order valence-electron chi connectivity index (χ4n) is 1.95. The van der Waals surface area contributed by atoms with Crippen LogP contribution in [0.3, 0.4) is 0 Å². The van der Waals surface area contributed by atoms with Crippen LogP contribution in [-0.4, -0.2) is 5.11 Å². The Bertz CT molecular complexity index is 306. The van der Waals surface area contributed by atoms with Crippen molar-refractivity contribution in [1.29, 1.82) is 0 Å². The van der Waals surface area contributed by atoms with Crippen molar-refractivity contribution in [2.24, 2.45) is 0 Å². The number of aryl methyl sites for hydroxylation is 2. The van der Waals surface area contributed by atoms with Crippen LogP contribution < -0.4 is 0 Å². The summed E-state index contributed by atoms with van der Waals surface area (Å²) in [6.45, 7) is 8.22. The Labute approximate surface area is 93.1 Å². The molecule has 1 N–H and O–H groups in total. The highest BCUT2D eigenvalue weighted by molar-refractivity contribution is 5.32. The summed E-state index contributed by atoms with van der Waals surface area (Å²) in [5.74, 6) is 0. The number of hydrogen-bond donors (Lipinski definition) is 1. The zero-order valence-electron chi connectivity index (χ0n) is 10.3. The third-order valence-electron chi connectivity index (χ3n) is 2.86. The number of hydrogen-bond acceptors (Lipinski definition) is 1. The second-order valence-corrected chi connectivity index (χ2v) is 4.75. The molecular formula is C14H22O. The molecule has 0 aliphatic carbocycles. The Kier molecular flexibility index (Phi) is 3.92. The standard InChI is InChI=1S/C14H22O/c1-5-6-7-14(4,15)13-9-11(2)8-12(3)10-13/h8-10,15H,5-7H2,1-4H3.